The zero-order valence-corrected chi connectivity index (χ0v) is 17.8. The maximum absolute atomic E-state index is 12.0. The maximum Gasteiger partial charge on any atom is 0.288 e. The number of nitrogens with zero attached hydrogens (tertiary/aromatic N) is 5. The second-order valence-electron chi connectivity index (χ2n) is 8.27. The van der Waals surface area contributed by atoms with Crippen LogP contribution in [0.4, 0.5) is 5.82 Å². The Bertz CT molecular complexity index is 889. The lowest BCUT2D eigenvalue weighted by Gasteiger charge is -2.30. The summed E-state index contributed by atoms with van der Waals surface area (Å²) in [5.74, 6) is 0.855. The minimum atomic E-state index is -0.249. The number of hydrogen-bond acceptors (Lipinski definition) is 6. The van der Waals surface area contributed by atoms with E-state index in [4.69, 9.17) is 0 Å². The highest BCUT2D eigenvalue weighted by atomic mass is 16.2. The van der Waals surface area contributed by atoms with Crippen LogP contribution >= 0.6 is 0 Å². The van der Waals surface area contributed by atoms with Gasteiger partial charge in [0.25, 0.3) is 5.91 Å². The first-order valence-electron chi connectivity index (χ1n) is 10.6. The molecule has 1 aliphatic carbocycles. The molecule has 1 unspecified atom stereocenters. The summed E-state index contributed by atoms with van der Waals surface area (Å²) in [5.41, 5.74) is 3.15. The van der Waals surface area contributed by atoms with Crippen molar-refractivity contribution in [3.8, 4) is 0 Å². The molecule has 1 aliphatic heterocycles. The van der Waals surface area contributed by atoms with Crippen molar-refractivity contribution in [1.29, 1.82) is 0 Å². The van der Waals surface area contributed by atoms with Crippen molar-refractivity contribution in [1.82, 2.24) is 30.4 Å². The Labute approximate surface area is 172 Å². The first kappa shape index (κ1) is 19.8. The summed E-state index contributed by atoms with van der Waals surface area (Å²) in [7, 11) is 1.60. The fourth-order valence-corrected chi connectivity index (χ4v) is 4.27. The molecule has 4 rings (SSSR count). The van der Waals surface area contributed by atoms with E-state index in [1.807, 2.05) is 20.0 Å². The third-order valence-corrected chi connectivity index (χ3v) is 6.33. The predicted molar refractivity (Wildman–Crippen MR) is 112 cm³/mol. The van der Waals surface area contributed by atoms with Crippen LogP contribution in [0.25, 0.3) is 0 Å². The Kier molecular flexibility index (Phi) is 5.54. The minimum Gasteiger partial charge on any atom is -0.355 e. The Hall–Kier alpha value is -2.48. The van der Waals surface area contributed by atoms with Gasteiger partial charge in [0.1, 0.15) is 5.82 Å². The standard InChI is InChI=1S/C21H31N7O/c1-13-14(2)25-19(21(29)22-4)26-20(13)27-11-9-16(12-27)24-15(3)18-8-10-23-28(18)17-6-5-7-17/h8,10,15-17,24H,5-7,9,11-12H2,1-4H3,(H,22,29)/t15?,16-/m1/s1. The summed E-state index contributed by atoms with van der Waals surface area (Å²) in [6, 6.07) is 3.32. The molecule has 8 heteroatoms. The second-order valence-corrected chi connectivity index (χ2v) is 8.27. The van der Waals surface area contributed by atoms with E-state index >= 15 is 0 Å². The summed E-state index contributed by atoms with van der Waals surface area (Å²) in [6.07, 6.45) is 6.73. The Morgan fingerprint density at radius 1 is 1.24 bits per heavy atom. The molecule has 1 saturated heterocycles. The molecular weight excluding hydrogens is 366 g/mol. The smallest absolute Gasteiger partial charge is 0.288 e. The average Bonchev–Trinajstić information content (AvgIpc) is 3.31. The SMILES string of the molecule is CNC(=O)c1nc(C)c(C)c(N2CC[C@@H](NC(C)c3ccnn3C3CCC3)C2)n1. The first-order valence-corrected chi connectivity index (χ1v) is 10.6. The zero-order chi connectivity index (χ0) is 20.5. The zero-order valence-electron chi connectivity index (χ0n) is 17.8. The van der Waals surface area contributed by atoms with Gasteiger partial charge in [0.05, 0.1) is 11.7 Å². The molecule has 2 aromatic heterocycles. The number of amides is 1. The number of aryl methyl sites for hydroxylation is 1. The van der Waals surface area contributed by atoms with Crippen LogP contribution in [-0.4, -0.2) is 51.8 Å². The minimum absolute atomic E-state index is 0.236. The molecule has 0 bridgehead atoms. The van der Waals surface area contributed by atoms with Crippen LogP contribution in [0, 0.1) is 13.8 Å². The van der Waals surface area contributed by atoms with Gasteiger partial charge in [0, 0.05) is 49.7 Å². The average molecular weight is 398 g/mol. The van der Waals surface area contributed by atoms with Gasteiger partial charge < -0.3 is 15.5 Å². The van der Waals surface area contributed by atoms with Crippen molar-refractivity contribution in [2.45, 2.75) is 64.6 Å². The number of carbonyl (C=O) groups is 1. The van der Waals surface area contributed by atoms with Crippen molar-refractivity contribution >= 4 is 11.7 Å². The van der Waals surface area contributed by atoms with E-state index in [-0.39, 0.29) is 17.8 Å². The van der Waals surface area contributed by atoms with Crippen molar-refractivity contribution in [2.24, 2.45) is 0 Å². The summed E-state index contributed by atoms with van der Waals surface area (Å²) < 4.78 is 2.21. The van der Waals surface area contributed by atoms with Crippen LogP contribution in [0.3, 0.4) is 0 Å². The van der Waals surface area contributed by atoms with Crippen LogP contribution in [0.1, 0.15) is 72.3 Å². The molecule has 3 heterocycles. The van der Waals surface area contributed by atoms with Crippen LogP contribution in [0.15, 0.2) is 12.3 Å². The van der Waals surface area contributed by atoms with Crippen molar-refractivity contribution in [3.05, 3.63) is 35.0 Å². The van der Waals surface area contributed by atoms with Crippen molar-refractivity contribution in [3.63, 3.8) is 0 Å². The largest absolute Gasteiger partial charge is 0.355 e. The highest BCUT2D eigenvalue weighted by molar-refractivity contribution is 5.90. The predicted octanol–water partition coefficient (Wildman–Crippen LogP) is 2.30. The van der Waals surface area contributed by atoms with E-state index in [9.17, 15) is 4.79 Å². The first-order chi connectivity index (χ1) is 14.0. The molecule has 2 aliphatic rings. The summed E-state index contributed by atoms with van der Waals surface area (Å²) in [6.45, 7) is 7.96. The van der Waals surface area contributed by atoms with Crippen molar-refractivity contribution in [2.75, 3.05) is 25.0 Å². The molecule has 2 aromatic rings. The fourth-order valence-electron chi connectivity index (χ4n) is 4.27. The molecule has 29 heavy (non-hydrogen) atoms. The van der Waals surface area contributed by atoms with Gasteiger partial charge in [-0.05, 0) is 52.5 Å². The van der Waals surface area contributed by atoms with Gasteiger partial charge >= 0.3 is 0 Å². The molecule has 0 aromatic carbocycles. The van der Waals surface area contributed by atoms with E-state index in [1.54, 1.807) is 7.05 Å². The molecule has 0 spiro atoms. The van der Waals surface area contributed by atoms with Gasteiger partial charge in [-0.25, -0.2) is 9.97 Å². The third-order valence-electron chi connectivity index (χ3n) is 6.33. The van der Waals surface area contributed by atoms with E-state index in [0.717, 1.165) is 36.6 Å². The Morgan fingerprint density at radius 3 is 2.72 bits per heavy atom. The number of hydrogen-bond donors (Lipinski definition) is 2. The number of anilines is 1. The van der Waals surface area contributed by atoms with Gasteiger partial charge in [-0.15, -0.1) is 0 Å². The second kappa shape index (κ2) is 8.10. The highest BCUT2D eigenvalue weighted by Crippen LogP contribution is 2.33. The van der Waals surface area contributed by atoms with Crippen LogP contribution in [0.5, 0.6) is 0 Å². The Morgan fingerprint density at radius 2 is 2.03 bits per heavy atom. The topological polar surface area (TPSA) is 88.0 Å². The van der Waals surface area contributed by atoms with Crippen LogP contribution < -0.4 is 15.5 Å². The molecule has 1 amide bonds. The molecule has 8 nitrogen and oxygen atoms in total. The molecule has 2 N–H and O–H groups in total. The molecule has 1 saturated carbocycles. The van der Waals surface area contributed by atoms with Gasteiger partial charge in [0.2, 0.25) is 5.82 Å². The lowest BCUT2D eigenvalue weighted by molar-refractivity contribution is 0.0952. The quantitative estimate of drug-likeness (QED) is 0.778. The van der Waals surface area contributed by atoms with Crippen LogP contribution in [0.2, 0.25) is 0 Å². The fraction of sp³-hybridized carbons (Fsp3) is 0.619. The summed E-state index contributed by atoms with van der Waals surface area (Å²) >= 11 is 0. The van der Waals surface area contributed by atoms with Gasteiger partial charge in [-0.2, -0.15) is 5.10 Å². The van der Waals surface area contributed by atoms with Gasteiger partial charge in [0.15, 0.2) is 0 Å². The summed E-state index contributed by atoms with van der Waals surface area (Å²) in [4.78, 5) is 23.2. The molecular formula is C21H31N7O. The summed E-state index contributed by atoms with van der Waals surface area (Å²) in [5, 5.41) is 11.0. The van der Waals surface area contributed by atoms with E-state index in [1.165, 1.54) is 25.0 Å². The Balaban J connectivity index is 1.45. The monoisotopic (exact) mass is 397 g/mol. The number of nitrogens with one attached hydrogen (secondary N) is 2. The number of aromatic nitrogens is 4. The number of rotatable bonds is 6. The maximum atomic E-state index is 12.0. The van der Waals surface area contributed by atoms with Gasteiger partial charge in [-0.1, -0.05) is 0 Å². The molecule has 2 fully saturated rings. The molecule has 2 atom stereocenters. The van der Waals surface area contributed by atoms with E-state index in [0.29, 0.717) is 12.1 Å². The van der Waals surface area contributed by atoms with Crippen molar-refractivity contribution < 1.29 is 4.79 Å². The molecule has 0 radical (unpaired) electrons. The number of carbonyl (C=O) groups excluding carboxylic acids is 1. The lowest BCUT2D eigenvalue weighted by atomic mass is 9.93. The normalized spacial score (nSPS) is 20.6. The third kappa shape index (κ3) is 3.85. The van der Waals surface area contributed by atoms with Crippen LogP contribution in [-0.2, 0) is 0 Å². The lowest BCUT2D eigenvalue weighted by Crippen LogP contribution is -2.36. The van der Waals surface area contributed by atoms with E-state index in [2.05, 4.69) is 48.3 Å². The van der Waals surface area contributed by atoms with Gasteiger partial charge in [-0.3, -0.25) is 9.48 Å². The molecule has 156 valence electrons. The van der Waals surface area contributed by atoms with E-state index < -0.39 is 0 Å². The highest BCUT2D eigenvalue weighted by Gasteiger charge is 2.29.